The summed E-state index contributed by atoms with van der Waals surface area (Å²) in [4.78, 5) is 2.24. The predicted octanol–water partition coefficient (Wildman–Crippen LogP) is 2.72. The van der Waals surface area contributed by atoms with Gasteiger partial charge in [-0.25, -0.2) is 0 Å². The molecule has 3 heterocycles. The fourth-order valence-electron chi connectivity index (χ4n) is 2.05. The van der Waals surface area contributed by atoms with Gasteiger partial charge in [0.2, 0.25) is 5.89 Å². The van der Waals surface area contributed by atoms with Gasteiger partial charge in [0.15, 0.2) is 5.82 Å². The van der Waals surface area contributed by atoms with Crippen LogP contribution in [0.25, 0.3) is 11.6 Å². The van der Waals surface area contributed by atoms with E-state index in [1.54, 1.807) is 0 Å². The van der Waals surface area contributed by atoms with Gasteiger partial charge in [-0.1, -0.05) is 20.8 Å². The topological polar surface area (TPSA) is 67.9 Å². The lowest BCUT2D eigenvalue weighted by Gasteiger charge is -2.14. The zero-order valence-corrected chi connectivity index (χ0v) is 12.3. The van der Waals surface area contributed by atoms with Gasteiger partial charge in [-0.2, -0.15) is 0 Å². The molecule has 1 saturated heterocycles. The molecule has 0 radical (unpaired) electrons. The van der Waals surface area contributed by atoms with E-state index in [2.05, 4.69) is 25.3 Å². The molecule has 0 aliphatic carbocycles. The molecule has 1 aliphatic rings. The first-order valence-electron chi connectivity index (χ1n) is 7.28. The number of hydrogen-bond donors (Lipinski definition) is 0. The summed E-state index contributed by atoms with van der Waals surface area (Å²) in [6, 6.07) is 3.84. The van der Waals surface area contributed by atoms with Gasteiger partial charge < -0.3 is 9.32 Å². The zero-order chi connectivity index (χ0) is 14.4. The van der Waals surface area contributed by atoms with Gasteiger partial charge >= 0.3 is 0 Å². The number of anilines is 1. The normalized spacial score (nSPS) is 14.1. The van der Waals surface area contributed by atoms with Crippen molar-refractivity contribution < 1.29 is 4.42 Å². The van der Waals surface area contributed by atoms with Crippen LogP contribution < -0.4 is 4.90 Å². The van der Waals surface area contributed by atoms with Crippen LogP contribution in [0.15, 0.2) is 16.5 Å². The highest BCUT2D eigenvalue weighted by Crippen LogP contribution is 2.20. The van der Waals surface area contributed by atoms with Crippen molar-refractivity contribution in [3.63, 3.8) is 0 Å². The van der Waals surface area contributed by atoms with E-state index < -0.39 is 0 Å². The lowest BCUT2D eigenvalue weighted by Crippen LogP contribution is -2.19. The molecule has 0 spiro atoms. The average molecular weight is 275 g/mol. The van der Waals surface area contributed by atoms with Crippen molar-refractivity contribution in [3.05, 3.63) is 18.0 Å². The van der Waals surface area contributed by atoms with E-state index >= 15 is 0 Å². The fourth-order valence-corrected chi connectivity index (χ4v) is 2.05. The second kappa shape index (κ2) is 6.98. The molecule has 1 fully saturated rings. The Kier molecular flexibility index (Phi) is 5.03. The third-order valence-corrected chi connectivity index (χ3v) is 3.07. The quantitative estimate of drug-likeness (QED) is 0.858. The molecular weight excluding hydrogens is 254 g/mol. The van der Waals surface area contributed by atoms with Gasteiger partial charge in [0.1, 0.15) is 5.69 Å². The van der Waals surface area contributed by atoms with Crippen LogP contribution in [0.2, 0.25) is 0 Å². The van der Waals surface area contributed by atoms with Crippen molar-refractivity contribution in [2.45, 2.75) is 40.0 Å². The van der Waals surface area contributed by atoms with E-state index in [1.807, 2.05) is 32.9 Å². The summed E-state index contributed by atoms with van der Waals surface area (Å²) < 4.78 is 5.45. The smallest absolute Gasteiger partial charge is 0.268 e. The summed E-state index contributed by atoms with van der Waals surface area (Å²) in [6.07, 6.45) is 3.19. The molecule has 3 rings (SSSR count). The third-order valence-electron chi connectivity index (χ3n) is 3.07. The Bertz CT molecular complexity index is 517. The maximum atomic E-state index is 5.45. The van der Waals surface area contributed by atoms with Crippen LogP contribution in [0.4, 0.5) is 5.82 Å². The minimum Gasteiger partial charge on any atom is -0.419 e. The Labute approximate surface area is 119 Å². The minimum atomic E-state index is 0.437. The largest absolute Gasteiger partial charge is 0.419 e. The fraction of sp³-hybridized carbons (Fsp3) is 0.571. The Morgan fingerprint density at radius 2 is 1.80 bits per heavy atom. The van der Waals surface area contributed by atoms with E-state index in [-0.39, 0.29) is 0 Å². The van der Waals surface area contributed by atoms with Gasteiger partial charge in [0.05, 0.1) is 0 Å². The van der Waals surface area contributed by atoms with E-state index in [9.17, 15) is 0 Å². The van der Waals surface area contributed by atoms with Crippen molar-refractivity contribution >= 4 is 5.82 Å². The summed E-state index contributed by atoms with van der Waals surface area (Å²) in [5, 5.41) is 16.2. The molecule has 1 aliphatic heterocycles. The molecule has 6 heteroatoms. The third kappa shape index (κ3) is 3.12. The minimum absolute atomic E-state index is 0.437. The second-order valence-electron chi connectivity index (χ2n) is 4.33. The molecular formula is C14H21N5O. The molecule has 0 atom stereocenters. The standard InChI is InChI=1S/C12H15N5O.C2H6/c1-2-11-15-16-12(18-11)9-5-6-10(14-13-9)17-7-3-4-8-17;1-2/h5-6H,2-4,7-8H2,1H3;1-2H3. The van der Waals surface area contributed by atoms with Gasteiger partial charge in [-0.05, 0) is 25.0 Å². The van der Waals surface area contributed by atoms with Crippen LogP contribution >= 0.6 is 0 Å². The summed E-state index contributed by atoms with van der Waals surface area (Å²) in [5.41, 5.74) is 0.630. The van der Waals surface area contributed by atoms with E-state index in [1.165, 1.54) is 12.8 Å². The highest BCUT2D eigenvalue weighted by atomic mass is 16.4. The zero-order valence-electron chi connectivity index (χ0n) is 12.3. The van der Waals surface area contributed by atoms with Gasteiger partial charge in [0, 0.05) is 19.5 Å². The van der Waals surface area contributed by atoms with Crippen LogP contribution in [-0.2, 0) is 6.42 Å². The number of hydrogen-bond acceptors (Lipinski definition) is 6. The second-order valence-corrected chi connectivity index (χ2v) is 4.33. The van der Waals surface area contributed by atoms with Gasteiger partial charge in [0.25, 0.3) is 5.89 Å². The molecule has 0 amide bonds. The Balaban J connectivity index is 0.000000704. The van der Waals surface area contributed by atoms with E-state index in [0.29, 0.717) is 17.5 Å². The molecule has 0 saturated carbocycles. The SMILES string of the molecule is CC.CCc1nnc(-c2ccc(N3CCCC3)nn2)o1. The highest BCUT2D eigenvalue weighted by Gasteiger charge is 2.15. The van der Waals surface area contributed by atoms with Crippen LogP contribution in [0.5, 0.6) is 0 Å². The average Bonchev–Trinajstić information content (AvgIpc) is 3.21. The maximum absolute atomic E-state index is 5.45. The molecule has 2 aromatic rings. The van der Waals surface area contributed by atoms with E-state index in [0.717, 1.165) is 25.3 Å². The van der Waals surface area contributed by atoms with Crippen LogP contribution in [0.3, 0.4) is 0 Å². The Morgan fingerprint density at radius 1 is 1.05 bits per heavy atom. The molecule has 0 unspecified atom stereocenters. The Hall–Kier alpha value is -1.98. The van der Waals surface area contributed by atoms with Crippen LogP contribution in [-0.4, -0.2) is 33.5 Å². The molecule has 6 nitrogen and oxygen atoms in total. The van der Waals surface area contributed by atoms with Crippen LogP contribution in [0, 0.1) is 0 Å². The lowest BCUT2D eigenvalue weighted by atomic mass is 10.3. The summed E-state index contributed by atoms with van der Waals surface area (Å²) in [6.45, 7) is 8.10. The number of nitrogens with zero attached hydrogens (tertiary/aromatic N) is 5. The maximum Gasteiger partial charge on any atom is 0.268 e. The first kappa shape index (κ1) is 14.4. The summed E-state index contributed by atoms with van der Waals surface area (Å²) in [7, 11) is 0. The summed E-state index contributed by atoms with van der Waals surface area (Å²) in [5.74, 6) is 1.98. The number of rotatable bonds is 3. The van der Waals surface area contributed by atoms with Crippen molar-refractivity contribution in [1.82, 2.24) is 20.4 Å². The van der Waals surface area contributed by atoms with Crippen molar-refractivity contribution in [1.29, 1.82) is 0 Å². The molecule has 2 aromatic heterocycles. The van der Waals surface area contributed by atoms with Gasteiger partial charge in [-0.3, -0.25) is 0 Å². The summed E-state index contributed by atoms with van der Waals surface area (Å²) >= 11 is 0. The highest BCUT2D eigenvalue weighted by molar-refractivity contribution is 5.49. The predicted molar refractivity (Wildman–Crippen MR) is 77.5 cm³/mol. The van der Waals surface area contributed by atoms with E-state index in [4.69, 9.17) is 4.42 Å². The molecule has 108 valence electrons. The van der Waals surface area contributed by atoms with Crippen molar-refractivity contribution in [2.75, 3.05) is 18.0 Å². The Morgan fingerprint density at radius 3 is 2.35 bits per heavy atom. The lowest BCUT2D eigenvalue weighted by molar-refractivity contribution is 0.510. The van der Waals surface area contributed by atoms with Crippen molar-refractivity contribution in [3.8, 4) is 11.6 Å². The monoisotopic (exact) mass is 275 g/mol. The first-order valence-corrected chi connectivity index (χ1v) is 7.28. The van der Waals surface area contributed by atoms with Crippen LogP contribution in [0.1, 0.15) is 39.5 Å². The first-order chi connectivity index (χ1) is 9.86. The number of aryl methyl sites for hydroxylation is 1. The molecule has 0 aromatic carbocycles. The molecule has 0 N–H and O–H groups in total. The molecule has 20 heavy (non-hydrogen) atoms. The number of aromatic nitrogens is 4. The van der Waals surface area contributed by atoms with Gasteiger partial charge in [-0.15, -0.1) is 20.4 Å². The van der Waals surface area contributed by atoms with Crippen molar-refractivity contribution in [2.24, 2.45) is 0 Å². The molecule has 0 bridgehead atoms.